The van der Waals surface area contributed by atoms with Crippen LogP contribution in [0.5, 0.6) is 0 Å². The standard InChI is InChI=1S/C10H19F2P.C2H6/c1-8(2)6-10(11,12)7-9(3,4)13(8)5;1-2/h6-7H2,1-5H3;1-2H3. The van der Waals surface area contributed by atoms with Crippen molar-refractivity contribution in [3.05, 3.63) is 0 Å². The van der Waals surface area contributed by atoms with Gasteiger partial charge in [-0.25, -0.2) is 8.78 Å². The predicted octanol–water partition coefficient (Wildman–Crippen LogP) is 5.11. The number of alkyl halides is 2. The van der Waals surface area contributed by atoms with E-state index in [1.165, 1.54) is 0 Å². The van der Waals surface area contributed by atoms with E-state index in [0.29, 0.717) is 0 Å². The molecule has 92 valence electrons. The molecule has 3 heteroatoms. The van der Waals surface area contributed by atoms with Crippen LogP contribution in [0.15, 0.2) is 0 Å². The van der Waals surface area contributed by atoms with Crippen LogP contribution in [0.1, 0.15) is 54.4 Å². The maximum atomic E-state index is 13.4. The number of halogens is 2. The van der Waals surface area contributed by atoms with Crippen molar-refractivity contribution in [1.29, 1.82) is 0 Å². The smallest absolute Gasteiger partial charge is 0.207 e. The van der Waals surface area contributed by atoms with E-state index >= 15 is 0 Å². The molecule has 1 saturated heterocycles. The molecule has 0 nitrogen and oxygen atoms in total. The minimum Gasteiger partial charge on any atom is -0.207 e. The first-order valence-corrected chi connectivity index (χ1v) is 7.48. The van der Waals surface area contributed by atoms with Crippen LogP contribution < -0.4 is 0 Å². The molecule has 0 aromatic rings. The molecular weight excluding hydrogens is 213 g/mol. The molecule has 0 radical (unpaired) electrons. The molecule has 0 aromatic carbocycles. The largest absolute Gasteiger partial charge is 0.249 e. The molecule has 0 aromatic heterocycles. The van der Waals surface area contributed by atoms with Crippen molar-refractivity contribution in [2.45, 2.75) is 70.6 Å². The lowest BCUT2D eigenvalue weighted by Crippen LogP contribution is -2.45. The van der Waals surface area contributed by atoms with Gasteiger partial charge in [0.1, 0.15) is 0 Å². The molecule has 0 unspecified atom stereocenters. The van der Waals surface area contributed by atoms with E-state index in [1.54, 1.807) is 0 Å². The van der Waals surface area contributed by atoms with Gasteiger partial charge in [-0.2, -0.15) is 0 Å². The Morgan fingerprint density at radius 1 is 0.867 bits per heavy atom. The molecule has 1 aliphatic rings. The Bertz CT molecular complexity index is 190. The molecule has 1 heterocycles. The summed E-state index contributed by atoms with van der Waals surface area (Å²) in [7, 11) is -0.317. The van der Waals surface area contributed by atoms with Crippen LogP contribution in [-0.2, 0) is 0 Å². The van der Waals surface area contributed by atoms with Crippen LogP contribution in [0, 0.1) is 0 Å². The minimum absolute atomic E-state index is 0.0611. The summed E-state index contributed by atoms with van der Waals surface area (Å²) in [5, 5.41) is -0.360. The van der Waals surface area contributed by atoms with Crippen LogP contribution in [0.2, 0.25) is 0 Å². The van der Waals surface area contributed by atoms with Gasteiger partial charge in [-0.3, -0.25) is 0 Å². The Hall–Kier alpha value is 0.290. The quantitative estimate of drug-likeness (QED) is 0.514. The molecular formula is C12H25F2P. The molecule has 0 atom stereocenters. The Kier molecular flexibility index (Phi) is 4.74. The van der Waals surface area contributed by atoms with Crippen LogP contribution in [0.3, 0.4) is 0 Å². The fraction of sp³-hybridized carbons (Fsp3) is 1.00. The van der Waals surface area contributed by atoms with Gasteiger partial charge in [-0.15, -0.1) is 0 Å². The van der Waals surface area contributed by atoms with Gasteiger partial charge in [0.2, 0.25) is 5.92 Å². The molecule has 0 spiro atoms. The maximum Gasteiger partial charge on any atom is 0.249 e. The Morgan fingerprint density at radius 3 is 1.40 bits per heavy atom. The predicted molar refractivity (Wildman–Crippen MR) is 66.5 cm³/mol. The van der Waals surface area contributed by atoms with E-state index in [9.17, 15) is 8.78 Å². The van der Waals surface area contributed by atoms with Gasteiger partial charge in [-0.1, -0.05) is 49.5 Å². The molecule has 1 aliphatic heterocycles. The summed E-state index contributed by atoms with van der Waals surface area (Å²) >= 11 is 0. The van der Waals surface area contributed by atoms with Crippen LogP contribution >= 0.6 is 7.92 Å². The highest BCUT2D eigenvalue weighted by atomic mass is 31.1. The van der Waals surface area contributed by atoms with Gasteiger partial charge in [0.05, 0.1) is 0 Å². The van der Waals surface area contributed by atoms with Crippen LogP contribution in [0.4, 0.5) is 8.78 Å². The summed E-state index contributed by atoms with van der Waals surface area (Å²) < 4.78 is 26.8. The zero-order chi connectivity index (χ0) is 12.5. The monoisotopic (exact) mass is 238 g/mol. The minimum atomic E-state index is -2.46. The van der Waals surface area contributed by atoms with Crippen molar-refractivity contribution in [3.8, 4) is 0 Å². The third kappa shape index (κ3) is 3.66. The zero-order valence-corrected chi connectivity index (χ0v) is 12.0. The molecule has 1 rings (SSSR count). The lowest BCUT2D eigenvalue weighted by molar-refractivity contribution is -0.0374. The third-order valence-corrected chi connectivity index (χ3v) is 7.15. The second-order valence-corrected chi connectivity index (χ2v) is 8.93. The fourth-order valence-corrected chi connectivity index (χ4v) is 4.96. The van der Waals surface area contributed by atoms with Gasteiger partial charge in [0, 0.05) is 12.8 Å². The van der Waals surface area contributed by atoms with E-state index in [4.69, 9.17) is 0 Å². The SMILES string of the molecule is CC.CP1C(C)(C)CC(F)(F)CC1(C)C. The average Bonchev–Trinajstić information content (AvgIpc) is 2.00. The first kappa shape index (κ1) is 15.3. The zero-order valence-electron chi connectivity index (χ0n) is 11.1. The third-order valence-electron chi connectivity index (χ3n) is 3.20. The summed E-state index contributed by atoms with van der Waals surface area (Å²) in [6, 6.07) is 0. The summed E-state index contributed by atoms with van der Waals surface area (Å²) in [5.74, 6) is -2.46. The molecule has 0 aliphatic carbocycles. The fourth-order valence-electron chi connectivity index (χ4n) is 2.38. The molecule has 0 amide bonds. The number of hydrogen-bond donors (Lipinski definition) is 0. The lowest BCUT2D eigenvalue weighted by atomic mass is 9.94. The lowest BCUT2D eigenvalue weighted by Gasteiger charge is -2.50. The van der Waals surface area contributed by atoms with E-state index in [1.807, 2.05) is 41.5 Å². The molecule has 15 heavy (non-hydrogen) atoms. The average molecular weight is 238 g/mol. The summed E-state index contributed by atoms with van der Waals surface area (Å²) in [6.07, 6.45) is 0.122. The number of rotatable bonds is 0. The van der Waals surface area contributed by atoms with Crippen molar-refractivity contribution < 1.29 is 8.78 Å². The van der Waals surface area contributed by atoms with Gasteiger partial charge in [0.15, 0.2) is 0 Å². The van der Waals surface area contributed by atoms with Gasteiger partial charge in [0.25, 0.3) is 0 Å². The van der Waals surface area contributed by atoms with Crippen LogP contribution in [0.25, 0.3) is 0 Å². The van der Waals surface area contributed by atoms with E-state index in [2.05, 4.69) is 6.66 Å². The topological polar surface area (TPSA) is 0 Å². The Balaban J connectivity index is 0.000000921. The van der Waals surface area contributed by atoms with Gasteiger partial charge in [-0.05, 0) is 17.0 Å². The summed E-state index contributed by atoms with van der Waals surface area (Å²) in [6.45, 7) is 14.1. The highest BCUT2D eigenvalue weighted by Crippen LogP contribution is 2.66. The van der Waals surface area contributed by atoms with E-state index in [0.717, 1.165) is 0 Å². The van der Waals surface area contributed by atoms with Crippen LogP contribution in [-0.4, -0.2) is 22.9 Å². The first-order chi connectivity index (χ1) is 6.57. The summed E-state index contributed by atoms with van der Waals surface area (Å²) in [5.41, 5.74) is 0. The van der Waals surface area contributed by atoms with E-state index in [-0.39, 0.29) is 31.1 Å². The second kappa shape index (κ2) is 4.65. The van der Waals surface area contributed by atoms with Crippen molar-refractivity contribution in [2.24, 2.45) is 0 Å². The van der Waals surface area contributed by atoms with Gasteiger partial charge >= 0.3 is 0 Å². The van der Waals surface area contributed by atoms with Crippen molar-refractivity contribution in [2.75, 3.05) is 6.66 Å². The van der Waals surface area contributed by atoms with E-state index < -0.39 is 5.92 Å². The number of hydrogen-bond acceptors (Lipinski definition) is 0. The highest BCUT2D eigenvalue weighted by molar-refractivity contribution is 7.60. The molecule has 0 saturated carbocycles. The van der Waals surface area contributed by atoms with Crippen molar-refractivity contribution >= 4 is 7.92 Å². The van der Waals surface area contributed by atoms with Gasteiger partial charge < -0.3 is 0 Å². The molecule has 1 fully saturated rings. The highest BCUT2D eigenvalue weighted by Gasteiger charge is 2.52. The Morgan fingerprint density at radius 2 is 1.13 bits per heavy atom. The van der Waals surface area contributed by atoms with Crippen molar-refractivity contribution in [1.82, 2.24) is 0 Å². The second-order valence-electron chi connectivity index (χ2n) is 5.39. The molecule has 0 bridgehead atoms. The van der Waals surface area contributed by atoms with Crippen molar-refractivity contribution in [3.63, 3.8) is 0 Å². The first-order valence-electron chi connectivity index (χ1n) is 5.69. The normalized spacial score (nSPS) is 27.8. The Labute approximate surface area is 94.6 Å². The molecule has 0 N–H and O–H groups in total. The maximum absolute atomic E-state index is 13.4. The summed E-state index contributed by atoms with van der Waals surface area (Å²) in [4.78, 5) is 0.